The third kappa shape index (κ3) is 3.67. The Balaban J connectivity index is 1.38. The highest BCUT2D eigenvalue weighted by Gasteiger charge is 2.31. The predicted molar refractivity (Wildman–Crippen MR) is 115 cm³/mol. The van der Waals surface area contributed by atoms with E-state index >= 15 is 0 Å². The van der Waals surface area contributed by atoms with Crippen LogP contribution in [0.3, 0.4) is 0 Å². The normalized spacial score (nSPS) is 29.4. The fraction of sp³-hybridized carbons (Fsp3) is 0.409. The number of nitrogens with one attached hydrogen (secondary N) is 1. The van der Waals surface area contributed by atoms with Gasteiger partial charge in [0.2, 0.25) is 0 Å². The SMILES string of the molecule is C[C@@H]1CN(C2=CN3C(=O)C=C(c4ccc5c(c4)OCCO5)PC3C=C2)C[C@H](C)N1. The largest absolute Gasteiger partial charge is 0.486 e. The van der Waals surface area contributed by atoms with Gasteiger partial charge in [-0.3, -0.25) is 4.79 Å². The zero-order chi connectivity index (χ0) is 20.0. The molecule has 4 heterocycles. The Labute approximate surface area is 173 Å². The number of hydrogen-bond donors (Lipinski definition) is 1. The molecule has 1 fully saturated rings. The number of allylic oxidation sites excluding steroid dienone is 1. The first-order valence-corrected chi connectivity index (χ1v) is 11.3. The van der Waals surface area contributed by atoms with Gasteiger partial charge in [0.25, 0.3) is 5.91 Å². The van der Waals surface area contributed by atoms with Crippen LogP contribution in [-0.4, -0.2) is 59.9 Å². The van der Waals surface area contributed by atoms with Crippen molar-refractivity contribution in [2.24, 2.45) is 0 Å². The topological polar surface area (TPSA) is 54.0 Å². The van der Waals surface area contributed by atoms with E-state index in [1.54, 1.807) is 6.08 Å². The maximum absolute atomic E-state index is 12.9. The number of carbonyl (C=O) groups is 1. The highest BCUT2D eigenvalue weighted by Crippen LogP contribution is 2.46. The van der Waals surface area contributed by atoms with E-state index in [0.29, 0.717) is 33.9 Å². The molecule has 1 amide bonds. The number of fused-ring (bicyclic) bond motifs is 2. The lowest BCUT2D eigenvalue weighted by Crippen LogP contribution is -2.54. The lowest BCUT2D eigenvalue weighted by Gasteiger charge is -2.41. The molecule has 0 radical (unpaired) electrons. The Morgan fingerprint density at radius 3 is 2.66 bits per heavy atom. The van der Waals surface area contributed by atoms with Crippen molar-refractivity contribution >= 4 is 19.8 Å². The Bertz CT molecular complexity index is 916. The van der Waals surface area contributed by atoms with Crippen molar-refractivity contribution in [1.29, 1.82) is 0 Å². The molecular weight excluding hydrogens is 385 g/mol. The van der Waals surface area contributed by atoms with Gasteiger partial charge in [0.1, 0.15) is 13.2 Å². The van der Waals surface area contributed by atoms with Crippen molar-refractivity contribution in [2.75, 3.05) is 26.3 Å². The minimum Gasteiger partial charge on any atom is -0.486 e. The van der Waals surface area contributed by atoms with Crippen LogP contribution in [0, 0.1) is 0 Å². The van der Waals surface area contributed by atoms with Crippen molar-refractivity contribution in [3.63, 3.8) is 0 Å². The maximum Gasteiger partial charge on any atom is 0.252 e. The molecule has 0 aliphatic carbocycles. The van der Waals surface area contributed by atoms with E-state index in [4.69, 9.17) is 9.47 Å². The summed E-state index contributed by atoms with van der Waals surface area (Å²) in [7, 11) is 0.495. The molecule has 1 N–H and O–H groups in total. The molecule has 0 spiro atoms. The summed E-state index contributed by atoms with van der Waals surface area (Å²) in [6.45, 7) is 7.45. The lowest BCUT2D eigenvalue weighted by molar-refractivity contribution is -0.123. The van der Waals surface area contributed by atoms with Gasteiger partial charge in [-0.15, -0.1) is 0 Å². The first-order valence-electron chi connectivity index (χ1n) is 10.2. The number of nitrogens with zero attached hydrogens (tertiary/aromatic N) is 2. The molecular formula is C22H26N3O3P. The number of rotatable bonds is 2. The van der Waals surface area contributed by atoms with Crippen LogP contribution in [0.5, 0.6) is 11.5 Å². The maximum atomic E-state index is 12.9. The van der Waals surface area contributed by atoms with E-state index in [9.17, 15) is 4.79 Å². The van der Waals surface area contributed by atoms with E-state index in [0.717, 1.165) is 41.2 Å². The monoisotopic (exact) mass is 411 g/mol. The summed E-state index contributed by atoms with van der Waals surface area (Å²) in [4.78, 5) is 17.2. The second kappa shape index (κ2) is 7.51. The molecule has 1 saturated heterocycles. The van der Waals surface area contributed by atoms with Gasteiger partial charge >= 0.3 is 0 Å². The Morgan fingerprint density at radius 1 is 1.10 bits per heavy atom. The summed E-state index contributed by atoms with van der Waals surface area (Å²) in [6.07, 6.45) is 8.16. The van der Waals surface area contributed by atoms with Gasteiger partial charge in [-0.25, -0.2) is 0 Å². The molecule has 0 aromatic heterocycles. The third-order valence-corrected chi connectivity index (χ3v) is 7.13. The summed E-state index contributed by atoms with van der Waals surface area (Å²) >= 11 is 0. The molecule has 4 aliphatic rings. The molecule has 2 unspecified atom stereocenters. The van der Waals surface area contributed by atoms with Crippen molar-refractivity contribution < 1.29 is 14.3 Å². The molecule has 1 aromatic carbocycles. The van der Waals surface area contributed by atoms with Crippen LogP contribution in [0.1, 0.15) is 19.4 Å². The number of piperazine rings is 1. The fourth-order valence-corrected chi connectivity index (χ4v) is 5.75. The first-order chi connectivity index (χ1) is 14.1. The van der Waals surface area contributed by atoms with Gasteiger partial charge in [0.15, 0.2) is 11.5 Å². The van der Waals surface area contributed by atoms with Gasteiger partial charge < -0.3 is 24.6 Å². The average molecular weight is 411 g/mol. The van der Waals surface area contributed by atoms with E-state index in [-0.39, 0.29) is 11.7 Å². The quantitative estimate of drug-likeness (QED) is 0.759. The van der Waals surface area contributed by atoms with E-state index in [1.165, 1.54) is 0 Å². The first kappa shape index (κ1) is 18.7. The highest BCUT2D eigenvalue weighted by atomic mass is 31.1. The molecule has 6 nitrogen and oxygen atoms in total. The van der Waals surface area contributed by atoms with Gasteiger partial charge in [-0.05, 0) is 42.9 Å². The van der Waals surface area contributed by atoms with E-state index < -0.39 is 0 Å². The molecule has 0 saturated carbocycles. The van der Waals surface area contributed by atoms with E-state index in [1.807, 2.05) is 29.3 Å². The molecule has 0 bridgehead atoms. The molecule has 5 rings (SSSR count). The van der Waals surface area contributed by atoms with Crippen LogP contribution in [-0.2, 0) is 4.79 Å². The molecule has 1 aromatic rings. The predicted octanol–water partition coefficient (Wildman–Crippen LogP) is 2.74. The van der Waals surface area contributed by atoms with E-state index in [2.05, 4.69) is 36.2 Å². The minimum atomic E-state index is 0.0386. The number of carbonyl (C=O) groups excluding carboxylic acids is 1. The second-order valence-corrected chi connectivity index (χ2v) is 9.46. The second-order valence-electron chi connectivity index (χ2n) is 8.04. The van der Waals surface area contributed by atoms with Crippen LogP contribution in [0.25, 0.3) is 5.31 Å². The van der Waals surface area contributed by atoms with Crippen LogP contribution >= 0.6 is 8.58 Å². The number of hydrogen-bond acceptors (Lipinski definition) is 5. The number of benzene rings is 1. The number of amides is 1. The molecule has 4 atom stereocenters. The minimum absolute atomic E-state index is 0.0386. The zero-order valence-corrected chi connectivity index (χ0v) is 17.7. The van der Waals surface area contributed by atoms with Gasteiger partial charge in [0.05, 0.1) is 11.5 Å². The van der Waals surface area contributed by atoms with Crippen LogP contribution in [0.2, 0.25) is 0 Å². The van der Waals surface area contributed by atoms with Crippen molar-refractivity contribution in [2.45, 2.75) is 31.7 Å². The average Bonchev–Trinajstić information content (AvgIpc) is 2.72. The molecule has 152 valence electrons. The Hall–Kier alpha value is -2.30. The standard InChI is InChI=1S/C22H26N3O3P/c1-14-11-24(12-15(2)23-14)17-4-6-22-25(13-17)21(26)10-20(29-22)16-3-5-18-19(9-16)28-8-7-27-18/h3-6,9-10,13-15,22-23,29H,7-8,11-12H2,1-2H3/t14-,15+,22?. The van der Waals surface area contributed by atoms with Gasteiger partial charge in [-0.1, -0.05) is 20.7 Å². The molecule has 29 heavy (non-hydrogen) atoms. The Kier molecular flexibility index (Phi) is 4.84. The van der Waals surface area contributed by atoms with Crippen molar-refractivity contribution in [3.8, 4) is 11.5 Å². The van der Waals surface area contributed by atoms with Crippen molar-refractivity contribution in [1.82, 2.24) is 15.1 Å². The van der Waals surface area contributed by atoms with Crippen molar-refractivity contribution in [3.05, 3.63) is 53.9 Å². The summed E-state index contributed by atoms with van der Waals surface area (Å²) in [5.41, 5.74) is 2.16. The van der Waals surface area contributed by atoms with Gasteiger partial charge in [-0.2, -0.15) is 0 Å². The molecule has 4 aliphatic heterocycles. The third-order valence-electron chi connectivity index (χ3n) is 5.62. The number of ether oxygens (including phenoxy) is 2. The van der Waals surface area contributed by atoms with Crippen LogP contribution in [0.4, 0.5) is 0 Å². The Morgan fingerprint density at radius 2 is 1.86 bits per heavy atom. The zero-order valence-electron chi connectivity index (χ0n) is 16.7. The lowest BCUT2D eigenvalue weighted by atomic mass is 10.1. The summed E-state index contributed by atoms with van der Waals surface area (Å²) < 4.78 is 11.3. The van der Waals surface area contributed by atoms with Crippen LogP contribution in [0.15, 0.2) is 48.3 Å². The highest BCUT2D eigenvalue weighted by molar-refractivity contribution is 7.51. The fourth-order valence-electron chi connectivity index (χ4n) is 4.37. The summed E-state index contributed by atoms with van der Waals surface area (Å²) in [6, 6.07) is 6.82. The van der Waals surface area contributed by atoms with Crippen LogP contribution < -0.4 is 14.8 Å². The smallest absolute Gasteiger partial charge is 0.252 e. The summed E-state index contributed by atoms with van der Waals surface area (Å²) in [5.74, 6) is 1.66. The molecule has 7 heteroatoms. The summed E-state index contributed by atoms with van der Waals surface area (Å²) in [5, 5.41) is 4.63. The van der Waals surface area contributed by atoms with Gasteiger partial charge in [0, 0.05) is 37.4 Å².